The Morgan fingerprint density at radius 3 is 2.21 bits per heavy atom. The molecule has 1 amide bonds. The van der Waals surface area contributed by atoms with Crippen LogP contribution in [-0.2, 0) is 9.59 Å². The standard InChI is InChI=1S/C8H12BrF2NO2/c1-3-5(6(13)4-9)12(2)8(14)7(10)11/h5,7H,3-4H2,1-2H3. The number of carbonyl (C=O) groups excluding carboxylic acids is 2. The summed E-state index contributed by atoms with van der Waals surface area (Å²) in [6.45, 7) is 1.67. The molecule has 0 aromatic heterocycles. The van der Waals surface area contributed by atoms with Gasteiger partial charge in [-0.3, -0.25) is 9.59 Å². The third-order valence-electron chi connectivity index (χ3n) is 1.89. The summed E-state index contributed by atoms with van der Waals surface area (Å²) in [6.07, 6.45) is -2.73. The van der Waals surface area contributed by atoms with Crippen LogP contribution in [0.2, 0.25) is 0 Å². The normalized spacial score (nSPS) is 12.7. The van der Waals surface area contributed by atoms with Crippen LogP contribution in [0.1, 0.15) is 13.3 Å². The van der Waals surface area contributed by atoms with Gasteiger partial charge >= 0.3 is 6.43 Å². The fraction of sp³-hybridized carbons (Fsp3) is 0.750. The highest BCUT2D eigenvalue weighted by Crippen LogP contribution is 2.09. The summed E-state index contributed by atoms with van der Waals surface area (Å²) >= 11 is 2.94. The summed E-state index contributed by atoms with van der Waals surface area (Å²) in [5.41, 5.74) is 0. The number of alkyl halides is 3. The maximum Gasteiger partial charge on any atom is 0.315 e. The van der Waals surface area contributed by atoms with Gasteiger partial charge in [-0.1, -0.05) is 22.9 Å². The molecule has 0 N–H and O–H groups in total. The SMILES string of the molecule is CCC(C(=O)CBr)N(C)C(=O)C(F)F. The van der Waals surface area contributed by atoms with Gasteiger partial charge in [0, 0.05) is 7.05 Å². The zero-order valence-electron chi connectivity index (χ0n) is 7.97. The lowest BCUT2D eigenvalue weighted by atomic mass is 10.1. The van der Waals surface area contributed by atoms with Crippen molar-refractivity contribution < 1.29 is 18.4 Å². The molecule has 82 valence electrons. The van der Waals surface area contributed by atoms with E-state index in [4.69, 9.17) is 0 Å². The molecule has 0 saturated carbocycles. The Kier molecular flexibility index (Phi) is 5.83. The molecule has 6 heteroatoms. The minimum Gasteiger partial charge on any atom is -0.331 e. The topological polar surface area (TPSA) is 37.4 Å². The van der Waals surface area contributed by atoms with Gasteiger partial charge in [0.15, 0.2) is 5.78 Å². The number of carbonyl (C=O) groups is 2. The Balaban J connectivity index is 4.53. The highest BCUT2D eigenvalue weighted by Gasteiger charge is 2.29. The number of Topliss-reactive ketones (excluding diaryl/α,β-unsaturated/α-hetero) is 1. The Hall–Kier alpha value is -0.520. The van der Waals surface area contributed by atoms with E-state index in [-0.39, 0.29) is 11.1 Å². The zero-order valence-corrected chi connectivity index (χ0v) is 9.55. The van der Waals surface area contributed by atoms with Crippen LogP contribution in [0.25, 0.3) is 0 Å². The first-order chi connectivity index (χ1) is 6.45. The first-order valence-electron chi connectivity index (χ1n) is 4.09. The maximum absolute atomic E-state index is 12.0. The Morgan fingerprint density at radius 1 is 1.43 bits per heavy atom. The van der Waals surface area contributed by atoms with E-state index in [9.17, 15) is 18.4 Å². The van der Waals surface area contributed by atoms with Crippen molar-refractivity contribution >= 4 is 27.6 Å². The second-order valence-electron chi connectivity index (χ2n) is 2.77. The van der Waals surface area contributed by atoms with E-state index >= 15 is 0 Å². The van der Waals surface area contributed by atoms with Gasteiger partial charge in [0.1, 0.15) is 0 Å². The van der Waals surface area contributed by atoms with E-state index in [1.807, 2.05) is 0 Å². The molecule has 0 bridgehead atoms. The van der Waals surface area contributed by atoms with E-state index in [0.717, 1.165) is 4.90 Å². The number of hydrogen-bond acceptors (Lipinski definition) is 2. The van der Waals surface area contributed by atoms with Gasteiger partial charge in [-0.15, -0.1) is 0 Å². The highest BCUT2D eigenvalue weighted by molar-refractivity contribution is 9.09. The molecule has 0 heterocycles. The quantitative estimate of drug-likeness (QED) is 0.710. The van der Waals surface area contributed by atoms with Crippen molar-refractivity contribution in [3.8, 4) is 0 Å². The lowest BCUT2D eigenvalue weighted by Gasteiger charge is -2.25. The molecule has 0 radical (unpaired) electrons. The number of nitrogens with zero attached hydrogens (tertiary/aromatic N) is 1. The average molecular weight is 272 g/mol. The molecule has 0 spiro atoms. The smallest absolute Gasteiger partial charge is 0.315 e. The molecule has 0 saturated heterocycles. The van der Waals surface area contributed by atoms with Crippen LogP contribution in [0.4, 0.5) is 8.78 Å². The molecular weight excluding hydrogens is 260 g/mol. The predicted molar refractivity (Wildman–Crippen MR) is 51.7 cm³/mol. The number of ketones is 1. The number of rotatable bonds is 5. The van der Waals surface area contributed by atoms with Crippen LogP contribution in [0, 0.1) is 0 Å². The molecule has 0 fully saturated rings. The number of halogens is 3. The summed E-state index contributed by atoms with van der Waals surface area (Å²) in [4.78, 5) is 22.9. The van der Waals surface area contributed by atoms with E-state index in [1.165, 1.54) is 7.05 Å². The van der Waals surface area contributed by atoms with E-state index < -0.39 is 18.4 Å². The monoisotopic (exact) mass is 271 g/mol. The molecule has 3 nitrogen and oxygen atoms in total. The van der Waals surface area contributed by atoms with Crippen molar-refractivity contribution in [2.75, 3.05) is 12.4 Å². The van der Waals surface area contributed by atoms with Crippen molar-refractivity contribution in [1.82, 2.24) is 4.90 Å². The van der Waals surface area contributed by atoms with Crippen molar-refractivity contribution in [3.63, 3.8) is 0 Å². The van der Waals surface area contributed by atoms with Crippen molar-refractivity contribution in [2.24, 2.45) is 0 Å². The first-order valence-corrected chi connectivity index (χ1v) is 5.21. The van der Waals surface area contributed by atoms with Crippen molar-refractivity contribution in [3.05, 3.63) is 0 Å². The van der Waals surface area contributed by atoms with Crippen molar-refractivity contribution in [1.29, 1.82) is 0 Å². The third-order valence-corrected chi connectivity index (χ3v) is 2.44. The van der Waals surface area contributed by atoms with Gasteiger partial charge in [-0.2, -0.15) is 8.78 Å². The lowest BCUT2D eigenvalue weighted by Crippen LogP contribution is -2.45. The second-order valence-corrected chi connectivity index (χ2v) is 3.33. The average Bonchev–Trinajstić information content (AvgIpc) is 2.16. The number of hydrogen-bond donors (Lipinski definition) is 0. The molecule has 0 aliphatic rings. The molecule has 0 aromatic rings. The van der Waals surface area contributed by atoms with Crippen LogP contribution >= 0.6 is 15.9 Å². The van der Waals surface area contributed by atoms with Gasteiger partial charge in [0.05, 0.1) is 11.4 Å². The van der Waals surface area contributed by atoms with Gasteiger partial charge in [0.2, 0.25) is 0 Å². The molecule has 0 aliphatic heterocycles. The largest absolute Gasteiger partial charge is 0.331 e. The fourth-order valence-electron chi connectivity index (χ4n) is 1.11. The van der Waals surface area contributed by atoms with Crippen LogP contribution in [0.15, 0.2) is 0 Å². The van der Waals surface area contributed by atoms with Gasteiger partial charge in [-0.05, 0) is 6.42 Å². The predicted octanol–water partition coefficient (Wildman–Crippen LogP) is 1.45. The summed E-state index contributed by atoms with van der Waals surface area (Å²) in [6, 6.07) is -0.768. The summed E-state index contributed by atoms with van der Waals surface area (Å²) < 4.78 is 24.1. The Morgan fingerprint density at radius 2 is 1.93 bits per heavy atom. The molecule has 1 unspecified atom stereocenters. The van der Waals surface area contributed by atoms with Gasteiger partial charge in [-0.25, -0.2) is 0 Å². The molecule has 0 aliphatic carbocycles. The van der Waals surface area contributed by atoms with Crippen LogP contribution < -0.4 is 0 Å². The van der Waals surface area contributed by atoms with Crippen molar-refractivity contribution in [2.45, 2.75) is 25.8 Å². The lowest BCUT2D eigenvalue weighted by molar-refractivity contribution is -0.146. The summed E-state index contributed by atoms with van der Waals surface area (Å²) in [5, 5.41) is 0.0619. The minimum atomic E-state index is -3.06. The first kappa shape index (κ1) is 13.5. The van der Waals surface area contributed by atoms with E-state index in [0.29, 0.717) is 6.42 Å². The third kappa shape index (κ3) is 3.32. The molecule has 14 heavy (non-hydrogen) atoms. The Labute approximate surface area is 89.6 Å². The summed E-state index contributed by atoms with van der Waals surface area (Å²) in [7, 11) is 1.21. The van der Waals surface area contributed by atoms with Crippen LogP contribution in [-0.4, -0.2) is 41.4 Å². The second kappa shape index (κ2) is 6.06. The maximum atomic E-state index is 12.0. The minimum absolute atomic E-state index is 0.0619. The summed E-state index contributed by atoms with van der Waals surface area (Å²) in [5.74, 6) is -1.59. The molecule has 0 rings (SSSR count). The van der Waals surface area contributed by atoms with E-state index in [1.54, 1.807) is 6.92 Å². The molecule has 0 aromatic carbocycles. The van der Waals surface area contributed by atoms with E-state index in [2.05, 4.69) is 15.9 Å². The van der Waals surface area contributed by atoms with Gasteiger partial charge in [0.25, 0.3) is 5.91 Å². The Bertz CT molecular complexity index is 223. The molecular formula is C8H12BrF2NO2. The van der Waals surface area contributed by atoms with Gasteiger partial charge < -0.3 is 4.90 Å². The van der Waals surface area contributed by atoms with Crippen LogP contribution in [0.5, 0.6) is 0 Å². The van der Waals surface area contributed by atoms with Crippen LogP contribution in [0.3, 0.4) is 0 Å². The number of likely N-dealkylation sites (N-methyl/N-ethyl adjacent to an activating group) is 1. The number of amides is 1. The highest BCUT2D eigenvalue weighted by atomic mass is 79.9. The fourth-order valence-corrected chi connectivity index (χ4v) is 1.49. The zero-order chi connectivity index (χ0) is 11.3. The molecule has 1 atom stereocenters.